The molecule has 1 aromatic rings. The van der Waals surface area contributed by atoms with Crippen molar-refractivity contribution < 1.29 is 19.4 Å². The van der Waals surface area contributed by atoms with E-state index in [1.165, 1.54) is 20.2 Å². The first-order chi connectivity index (χ1) is 9.09. The molecule has 20 heavy (non-hydrogen) atoms. The first-order valence-corrected chi connectivity index (χ1v) is 6.19. The van der Waals surface area contributed by atoms with E-state index < -0.39 is 23.2 Å². The molecule has 6 heteroatoms. The van der Waals surface area contributed by atoms with Crippen LogP contribution in [-0.4, -0.2) is 39.7 Å². The van der Waals surface area contributed by atoms with E-state index in [-0.39, 0.29) is 0 Å². The Morgan fingerprint density at radius 1 is 1.30 bits per heavy atom. The smallest absolute Gasteiger partial charge is 0.411 e. The molecule has 0 aliphatic carbocycles. The summed E-state index contributed by atoms with van der Waals surface area (Å²) in [5, 5.41) is 9.53. The molecule has 1 amide bonds. The van der Waals surface area contributed by atoms with Gasteiger partial charge in [-0.05, 0) is 33.8 Å². The van der Waals surface area contributed by atoms with E-state index in [1.54, 1.807) is 39.1 Å². The van der Waals surface area contributed by atoms with Crippen LogP contribution in [0.15, 0.2) is 24.5 Å². The fraction of sp³-hybridized carbons (Fsp3) is 0.500. The van der Waals surface area contributed by atoms with Gasteiger partial charge in [0.2, 0.25) is 0 Å². The van der Waals surface area contributed by atoms with Gasteiger partial charge in [-0.2, -0.15) is 0 Å². The predicted molar refractivity (Wildman–Crippen MR) is 73.2 cm³/mol. The first-order valence-electron chi connectivity index (χ1n) is 6.19. The van der Waals surface area contributed by atoms with Gasteiger partial charge < -0.3 is 9.84 Å². The van der Waals surface area contributed by atoms with Crippen LogP contribution in [0.1, 0.15) is 33.3 Å². The first kappa shape index (κ1) is 15.9. The maximum Gasteiger partial charge on any atom is 0.411 e. The van der Waals surface area contributed by atoms with Crippen molar-refractivity contribution in [2.45, 2.75) is 38.8 Å². The molecule has 6 nitrogen and oxygen atoms in total. The Labute approximate surface area is 118 Å². The van der Waals surface area contributed by atoms with E-state index in [9.17, 15) is 14.7 Å². The van der Waals surface area contributed by atoms with Crippen molar-refractivity contribution in [3.8, 4) is 0 Å². The minimum absolute atomic E-state index is 0.404. The van der Waals surface area contributed by atoms with Crippen molar-refractivity contribution in [1.29, 1.82) is 0 Å². The number of likely N-dealkylation sites (N-methyl/N-ethyl adjacent to an activating group) is 1. The molecule has 0 saturated heterocycles. The summed E-state index contributed by atoms with van der Waals surface area (Å²) in [7, 11) is 1.40. The SMILES string of the molecule is CN(C(=O)OC(C)(C)C)C(C)(C(=O)O)c1cccnc1. The number of carbonyl (C=O) groups excluding carboxylic acids is 1. The molecule has 1 rings (SSSR count). The highest BCUT2D eigenvalue weighted by Gasteiger charge is 2.43. The highest BCUT2D eigenvalue weighted by atomic mass is 16.6. The summed E-state index contributed by atoms with van der Waals surface area (Å²) in [6.07, 6.45) is 2.26. The number of carboxylic acids is 1. The Morgan fingerprint density at radius 2 is 1.90 bits per heavy atom. The largest absolute Gasteiger partial charge is 0.479 e. The third-order valence-corrected chi connectivity index (χ3v) is 2.98. The van der Waals surface area contributed by atoms with Gasteiger partial charge in [-0.25, -0.2) is 9.59 Å². The Bertz CT molecular complexity index is 496. The third kappa shape index (κ3) is 3.26. The van der Waals surface area contributed by atoms with Crippen molar-refractivity contribution in [2.75, 3.05) is 7.05 Å². The molecule has 0 bridgehead atoms. The minimum atomic E-state index is -1.55. The summed E-state index contributed by atoms with van der Waals surface area (Å²) in [5.41, 5.74) is -1.84. The summed E-state index contributed by atoms with van der Waals surface area (Å²) in [5.74, 6) is -1.15. The highest BCUT2D eigenvalue weighted by Crippen LogP contribution is 2.28. The summed E-state index contributed by atoms with van der Waals surface area (Å²) in [6.45, 7) is 6.61. The van der Waals surface area contributed by atoms with Gasteiger partial charge in [-0.3, -0.25) is 9.88 Å². The van der Waals surface area contributed by atoms with Crippen LogP contribution in [-0.2, 0) is 15.1 Å². The van der Waals surface area contributed by atoms with Crippen LogP contribution in [0.5, 0.6) is 0 Å². The molecule has 1 N–H and O–H groups in total. The second kappa shape index (κ2) is 5.48. The van der Waals surface area contributed by atoms with Gasteiger partial charge >= 0.3 is 12.1 Å². The third-order valence-electron chi connectivity index (χ3n) is 2.98. The number of aromatic nitrogens is 1. The molecule has 0 aliphatic rings. The lowest BCUT2D eigenvalue weighted by Gasteiger charge is -2.36. The Morgan fingerprint density at radius 3 is 2.30 bits per heavy atom. The molecule has 0 saturated carbocycles. The van der Waals surface area contributed by atoms with Crippen molar-refractivity contribution >= 4 is 12.1 Å². The summed E-state index contributed by atoms with van der Waals surface area (Å²) in [4.78, 5) is 28.7. The van der Waals surface area contributed by atoms with Gasteiger partial charge in [0.1, 0.15) is 5.60 Å². The molecule has 0 fully saturated rings. The maximum atomic E-state index is 12.1. The zero-order valence-corrected chi connectivity index (χ0v) is 12.4. The van der Waals surface area contributed by atoms with E-state index in [4.69, 9.17) is 4.74 Å². The average Bonchev–Trinajstić information content (AvgIpc) is 2.35. The van der Waals surface area contributed by atoms with Crippen molar-refractivity contribution in [3.05, 3.63) is 30.1 Å². The standard InChI is InChI=1S/C14H20N2O4/c1-13(2,3)20-12(19)16(5)14(4,11(17)18)10-7-6-8-15-9-10/h6-9H,1-5H3,(H,17,18). The van der Waals surface area contributed by atoms with E-state index in [0.29, 0.717) is 5.56 Å². The van der Waals surface area contributed by atoms with E-state index >= 15 is 0 Å². The van der Waals surface area contributed by atoms with Gasteiger partial charge in [-0.1, -0.05) is 6.07 Å². The quantitative estimate of drug-likeness (QED) is 0.918. The number of amides is 1. The number of nitrogens with zero attached hydrogens (tertiary/aromatic N) is 2. The normalized spacial score (nSPS) is 14.2. The fourth-order valence-corrected chi connectivity index (χ4v) is 1.62. The fourth-order valence-electron chi connectivity index (χ4n) is 1.62. The lowest BCUT2D eigenvalue weighted by molar-refractivity contribution is -0.150. The number of hydrogen-bond acceptors (Lipinski definition) is 4. The summed E-state index contributed by atoms with van der Waals surface area (Å²) in [6, 6.07) is 3.24. The highest BCUT2D eigenvalue weighted by molar-refractivity contribution is 5.85. The second-order valence-corrected chi connectivity index (χ2v) is 5.66. The molecular weight excluding hydrogens is 260 g/mol. The van der Waals surface area contributed by atoms with Crippen LogP contribution in [0.2, 0.25) is 0 Å². The topological polar surface area (TPSA) is 79.7 Å². The lowest BCUT2D eigenvalue weighted by Crippen LogP contribution is -2.52. The molecule has 110 valence electrons. The van der Waals surface area contributed by atoms with Gasteiger partial charge in [0, 0.05) is 25.0 Å². The molecule has 1 atom stereocenters. The van der Waals surface area contributed by atoms with E-state index in [1.807, 2.05) is 0 Å². The zero-order chi connectivity index (χ0) is 15.6. The number of carbonyl (C=O) groups is 2. The molecule has 1 heterocycles. The monoisotopic (exact) mass is 280 g/mol. The number of aliphatic carboxylic acids is 1. The van der Waals surface area contributed by atoms with Crippen LogP contribution in [0, 0.1) is 0 Å². The second-order valence-electron chi connectivity index (χ2n) is 5.66. The van der Waals surface area contributed by atoms with Crippen molar-refractivity contribution in [1.82, 2.24) is 9.88 Å². The number of pyridine rings is 1. The van der Waals surface area contributed by atoms with Crippen LogP contribution in [0.4, 0.5) is 4.79 Å². The van der Waals surface area contributed by atoms with Crippen LogP contribution < -0.4 is 0 Å². The van der Waals surface area contributed by atoms with E-state index in [0.717, 1.165) is 4.90 Å². The molecule has 0 aromatic carbocycles. The zero-order valence-electron chi connectivity index (χ0n) is 12.4. The van der Waals surface area contributed by atoms with Gasteiger partial charge in [-0.15, -0.1) is 0 Å². The molecule has 1 unspecified atom stereocenters. The predicted octanol–water partition coefficient (Wildman–Crippen LogP) is 2.25. The molecule has 0 spiro atoms. The number of carboxylic acid groups (broad SMARTS) is 1. The number of ether oxygens (including phenoxy) is 1. The van der Waals surface area contributed by atoms with E-state index in [2.05, 4.69) is 4.98 Å². The number of hydrogen-bond donors (Lipinski definition) is 1. The van der Waals surface area contributed by atoms with Crippen molar-refractivity contribution in [2.24, 2.45) is 0 Å². The molecule has 0 radical (unpaired) electrons. The molecule has 1 aromatic heterocycles. The Balaban J connectivity index is 3.15. The van der Waals surface area contributed by atoms with Crippen LogP contribution in [0.3, 0.4) is 0 Å². The number of rotatable bonds is 3. The average molecular weight is 280 g/mol. The maximum absolute atomic E-state index is 12.1. The molecule has 0 aliphatic heterocycles. The molecular formula is C14H20N2O4. The minimum Gasteiger partial charge on any atom is -0.479 e. The van der Waals surface area contributed by atoms with Gasteiger partial charge in [0.05, 0.1) is 0 Å². The summed E-state index contributed by atoms with van der Waals surface area (Å²) < 4.78 is 5.22. The Kier molecular flexibility index (Phi) is 4.37. The lowest BCUT2D eigenvalue weighted by atomic mass is 9.92. The van der Waals surface area contributed by atoms with Crippen LogP contribution >= 0.6 is 0 Å². The van der Waals surface area contributed by atoms with Gasteiger partial charge in [0.15, 0.2) is 5.54 Å². The van der Waals surface area contributed by atoms with Gasteiger partial charge in [0.25, 0.3) is 0 Å². The van der Waals surface area contributed by atoms with Crippen molar-refractivity contribution in [3.63, 3.8) is 0 Å². The Hall–Kier alpha value is -2.11. The van der Waals surface area contributed by atoms with Crippen LogP contribution in [0.25, 0.3) is 0 Å². The summed E-state index contributed by atoms with van der Waals surface area (Å²) >= 11 is 0.